The number of hydrogen-bond donors (Lipinski definition) is 0. The van der Waals surface area contributed by atoms with Crippen molar-refractivity contribution in [1.29, 1.82) is 0 Å². The fourth-order valence-corrected chi connectivity index (χ4v) is 4.70. The van der Waals surface area contributed by atoms with Crippen LogP contribution >= 0.6 is 0 Å². The second kappa shape index (κ2) is 8.32. The van der Waals surface area contributed by atoms with Crippen LogP contribution in [0.15, 0.2) is 0 Å². The minimum absolute atomic E-state index is 1.07. The SMILES string of the molecule is CCCCC[C@H]1CC[C@H]([C@H]2CC[C@H](CC)CC2)CC1. The van der Waals surface area contributed by atoms with Gasteiger partial charge in [-0.25, -0.2) is 0 Å². The fraction of sp³-hybridized carbons (Fsp3) is 1.00. The molecule has 0 N–H and O–H groups in total. The van der Waals surface area contributed by atoms with E-state index in [2.05, 4.69) is 13.8 Å². The van der Waals surface area contributed by atoms with E-state index >= 15 is 0 Å². The molecule has 112 valence electrons. The molecule has 0 heterocycles. The van der Waals surface area contributed by atoms with Crippen molar-refractivity contribution in [2.24, 2.45) is 23.7 Å². The summed E-state index contributed by atoms with van der Waals surface area (Å²) in [5, 5.41) is 0. The fourth-order valence-electron chi connectivity index (χ4n) is 4.70. The van der Waals surface area contributed by atoms with Crippen LogP contribution in [0.1, 0.15) is 97.3 Å². The summed E-state index contributed by atoms with van der Waals surface area (Å²) in [4.78, 5) is 0. The molecule has 2 fully saturated rings. The van der Waals surface area contributed by atoms with Gasteiger partial charge >= 0.3 is 0 Å². The number of unbranched alkanes of at least 4 members (excludes halogenated alkanes) is 2. The van der Waals surface area contributed by atoms with Crippen LogP contribution in [0.5, 0.6) is 0 Å². The van der Waals surface area contributed by atoms with Crippen LogP contribution in [-0.4, -0.2) is 0 Å². The number of rotatable bonds is 6. The van der Waals surface area contributed by atoms with Gasteiger partial charge in [0.15, 0.2) is 0 Å². The molecule has 0 aliphatic heterocycles. The first-order chi connectivity index (χ1) is 9.33. The molecule has 0 aromatic rings. The van der Waals surface area contributed by atoms with Gasteiger partial charge in [-0.1, -0.05) is 71.6 Å². The molecular formula is C19H36. The average molecular weight is 264 g/mol. The Bertz CT molecular complexity index is 216. The van der Waals surface area contributed by atoms with Gasteiger partial charge in [0.2, 0.25) is 0 Å². The van der Waals surface area contributed by atoms with Gasteiger partial charge in [0.25, 0.3) is 0 Å². The molecule has 0 heteroatoms. The molecule has 0 amide bonds. The van der Waals surface area contributed by atoms with Gasteiger partial charge in [0, 0.05) is 0 Å². The van der Waals surface area contributed by atoms with Gasteiger partial charge in [-0.15, -0.1) is 0 Å². The zero-order valence-electron chi connectivity index (χ0n) is 13.5. The van der Waals surface area contributed by atoms with Gasteiger partial charge in [-0.2, -0.15) is 0 Å². The standard InChI is InChI=1S/C19H36/c1-3-5-6-7-17-10-14-19(15-11-17)18-12-8-16(4-2)9-13-18/h16-19H,3-15H2,1-2H3/t16-,17-,18-,19-. The van der Waals surface area contributed by atoms with Gasteiger partial charge < -0.3 is 0 Å². The molecule has 0 aromatic carbocycles. The maximum absolute atomic E-state index is 2.38. The lowest BCUT2D eigenvalue weighted by atomic mass is 9.68. The molecule has 0 bridgehead atoms. The third-order valence-corrected chi connectivity index (χ3v) is 6.24. The van der Waals surface area contributed by atoms with Crippen molar-refractivity contribution in [3.05, 3.63) is 0 Å². The van der Waals surface area contributed by atoms with Crippen molar-refractivity contribution >= 4 is 0 Å². The Morgan fingerprint density at radius 2 is 1.16 bits per heavy atom. The second-order valence-electron chi connectivity index (χ2n) is 7.47. The number of hydrogen-bond acceptors (Lipinski definition) is 0. The lowest BCUT2D eigenvalue weighted by Crippen LogP contribution is -2.25. The quantitative estimate of drug-likeness (QED) is 0.475. The van der Waals surface area contributed by atoms with Crippen molar-refractivity contribution < 1.29 is 0 Å². The molecule has 0 atom stereocenters. The molecule has 0 spiro atoms. The van der Waals surface area contributed by atoms with Crippen LogP contribution in [0.25, 0.3) is 0 Å². The second-order valence-corrected chi connectivity index (χ2v) is 7.47. The van der Waals surface area contributed by atoms with Crippen LogP contribution in [-0.2, 0) is 0 Å². The zero-order chi connectivity index (χ0) is 13.5. The van der Waals surface area contributed by atoms with Crippen molar-refractivity contribution in [1.82, 2.24) is 0 Å². The Hall–Kier alpha value is 0. The largest absolute Gasteiger partial charge is 0.0654 e. The van der Waals surface area contributed by atoms with E-state index < -0.39 is 0 Å². The summed E-state index contributed by atoms with van der Waals surface area (Å²) in [6, 6.07) is 0. The van der Waals surface area contributed by atoms with Crippen LogP contribution in [0.2, 0.25) is 0 Å². The van der Waals surface area contributed by atoms with E-state index in [1.165, 1.54) is 44.9 Å². The smallest absolute Gasteiger partial charge is 0.0386 e. The maximum Gasteiger partial charge on any atom is -0.0386 e. The van der Waals surface area contributed by atoms with Crippen molar-refractivity contribution in [2.75, 3.05) is 0 Å². The van der Waals surface area contributed by atoms with E-state index in [4.69, 9.17) is 0 Å². The summed E-state index contributed by atoms with van der Waals surface area (Å²) in [5.41, 5.74) is 0. The van der Waals surface area contributed by atoms with Crippen molar-refractivity contribution in [2.45, 2.75) is 97.3 Å². The Labute approximate surface area is 121 Å². The van der Waals surface area contributed by atoms with Gasteiger partial charge in [0.1, 0.15) is 0 Å². The van der Waals surface area contributed by atoms with E-state index in [1.807, 2.05) is 0 Å². The topological polar surface area (TPSA) is 0 Å². The summed E-state index contributed by atoms with van der Waals surface area (Å²) in [6.07, 6.45) is 19.7. The normalized spacial score (nSPS) is 36.3. The van der Waals surface area contributed by atoms with Crippen LogP contribution in [0.4, 0.5) is 0 Å². The third-order valence-electron chi connectivity index (χ3n) is 6.24. The minimum Gasteiger partial charge on any atom is -0.0654 e. The Balaban J connectivity index is 1.63. The van der Waals surface area contributed by atoms with Gasteiger partial charge in [0.05, 0.1) is 0 Å². The molecule has 2 aliphatic carbocycles. The minimum atomic E-state index is 1.07. The summed E-state index contributed by atoms with van der Waals surface area (Å²) in [5.74, 6) is 4.39. The molecule has 19 heavy (non-hydrogen) atoms. The van der Waals surface area contributed by atoms with E-state index in [-0.39, 0.29) is 0 Å². The lowest BCUT2D eigenvalue weighted by molar-refractivity contribution is 0.142. The molecule has 0 radical (unpaired) electrons. The molecule has 2 saturated carbocycles. The molecule has 2 aliphatic rings. The van der Waals surface area contributed by atoms with Crippen LogP contribution in [0, 0.1) is 23.7 Å². The molecule has 0 nitrogen and oxygen atoms in total. The predicted octanol–water partition coefficient (Wildman–Crippen LogP) is 6.59. The lowest BCUT2D eigenvalue weighted by Gasteiger charge is -2.37. The van der Waals surface area contributed by atoms with Gasteiger partial charge in [-0.3, -0.25) is 0 Å². The molecule has 0 unspecified atom stereocenters. The van der Waals surface area contributed by atoms with E-state index in [9.17, 15) is 0 Å². The highest BCUT2D eigenvalue weighted by Crippen LogP contribution is 2.42. The first-order valence-corrected chi connectivity index (χ1v) is 9.33. The Kier molecular flexibility index (Phi) is 6.74. The highest BCUT2D eigenvalue weighted by Gasteiger charge is 2.30. The third kappa shape index (κ3) is 4.80. The Morgan fingerprint density at radius 1 is 0.632 bits per heavy atom. The predicted molar refractivity (Wildman–Crippen MR) is 85.3 cm³/mol. The van der Waals surface area contributed by atoms with E-state index in [0.29, 0.717) is 0 Å². The Morgan fingerprint density at radius 3 is 1.63 bits per heavy atom. The summed E-state index contributed by atoms with van der Waals surface area (Å²) >= 11 is 0. The van der Waals surface area contributed by atoms with E-state index in [0.717, 1.165) is 23.7 Å². The molecular weight excluding hydrogens is 228 g/mol. The highest BCUT2D eigenvalue weighted by atomic mass is 14.4. The van der Waals surface area contributed by atoms with Crippen LogP contribution < -0.4 is 0 Å². The maximum atomic E-state index is 2.38. The molecule has 0 aromatic heterocycles. The van der Waals surface area contributed by atoms with Crippen molar-refractivity contribution in [3.63, 3.8) is 0 Å². The van der Waals surface area contributed by atoms with Crippen molar-refractivity contribution in [3.8, 4) is 0 Å². The molecule has 2 rings (SSSR count). The highest BCUT2D eigenvalue weighted by molar-refractivity contribution is 4.81. The summed E-state index contributed by atoms with van der Waals surface area (Å²) < 4.78 is 0. The van der Waals surface area contributed by atoms with E-state index in [1.54, 1.807) is 38.5 Å². The summed E-state index contributed by atoms with van der Waals surface area (Å²) in [6.45, 7) is 4.70. The summed E-state index contributed by atoms with van der Waals surface area (Å²) in [7, 11) is 0. The van der Waals surface area contributed by atoms with Crippen LogP contribution in [0.3, 0.4) is 0 Å². The average Bonchev–Trinajstić information content (AvgIpc) is 2.48. The van der Waals surface area contributed by atoms with Gasteiger partial charge in [-0.05, 0) is 49.4 Å². The molecule has 0 saturated heterocycles. The first kappa shape index (κ1) is 15.4. The first-order valence-electron chi connectivity index (χ1n) is 9.33. The zero-order valence-corrected chi connectivity index (χ0v) is 13.5. The monoisotopic (exact) mass is 264 g/mol.